The molecule has 0 amide bonds. The van der Waals surface area contributed by atoms with Crippen LogP contribution in [0.4, 0.5) is 0 Å². The summed E-state index contributed by atoms with van der Waals surface area (Å²) in [4.78, 5) is 0. The molecule has 0 aromatic carbocycles. The predicted octanol–water partition coefficient (Wildman–Crippen LogP) is 0.748. The van der Waals surface area contributed by atoms with Gasteiger partial charge in [-0.3, -0.25) is 0 Å². The zero-order chi connectivity index (χ0) is 2.71. The van der Waals surface area contributed by atoms with E-state index >= 15 is 0 Å². The van der Waals surface area contributed by atoms with Gasteiger partial charge in [0.05, 0.1) is 0 Å². The second-order valence-corrected chi connectivity index (χ2v) is 0.822. The van der Waals surface area contributed by atoms with Crippen LogP contribution in [0.1, 0.15) is 0 Å². The van der Waals surface area contributed by atoms with E-state index < -0.39 is 0 Å². The molecule has 28 valence electrons. The van der Waals surface area contributed by atoms with Gasteiger partial charge in [0.25, 0.3) is 0 Å². The maximum atomic E-state index is 4.01. The Hall–Kier alpha value is 1.18. The normalized spacial score (nSPS) is 3.25. The standard InChI is InChI=1S/CHS2.Ag/c2-1-3;/h(H,2,3);/q-1;+1. The fourth-order valence-corrected chi connectivity index (χ4v) is 0. The molecule has 0 aliphatic heterocycles. The predicted molar refractivity (Wildman–Crippen MR) is 21.6 cm³/mol. The first-order chi connectivity index (χ1) is 1.41. The van der Waals surface area contributed by atoms with Crippen molar-refractivity contribution in [1.29, 1.82) is 0 Å². The van der Waals surface area contributed by atoms with Crippen LogP contribution >= 0.6 is 24.8 Å². The van der Waals surface area contributed by atoms with Crippen LogP contribution < -0.4 is 0 Å². The van der Waals surface area contributed by atoms with E-state index in [0.717, 1.165) is 0 Å². The summed E-state index contributed by atoms with van der Waals surface area (Å²) < 4.78 is 2.03. The van der Waals surface area contributed by atoms with Gasteiger partial charge in [-0.05, 0) is 0 Å². The molecule has 0 spiro atoms. The molecule has 0 N–H and O–H groups in total. The van der Waals surface area contributed by atoms with E-state index in [0.29, 0.717) is 0 Å². The summed E-state index contributed by atoms with van der Waals surface area (Å²) >= 11 is 7.36. The summed E-state index contributed by atoms with van der Waals surface area (Å²) in [6, 6.07) is 0. The summed E-state index contributed by atoms with van der Waals surface area (Å²) in [5.41, 5.74) is 0. The van der Waals surface area contributed by atoms with Crippen LogP contribution in [-0.2, 0) is 22.4 Å². The van der Waals surface area contributed by atoms with E-state index in [2.05, 4.69) is 24.8 Å². The van der Waals surface area contributed by atoms with Gasteiger partial charge < -0.3 is 29.5 Å². The van der Waals surface area contributed by atoms with Gasteiger partial charge in [0.15, 0.2) is 0 Å². The maximum Gasteiger partial charge on any atom is 1.00 e. The number of thiol groups is 1. The topological polar surface area (TPSA) is 0 Å². The van der Waals surface area contributed by atoms with Gasteiger partial charge in [-0.1, -0.05) is 0 Å². The van der Waals surface area contributed by atoms with E-state index in [1.165, 1.54) is 0 Å². The molecule has 0 saturated heterocycles. The largest absolute Gasteiger partial charge is 1.00 e. The van der Waals surface area contributed by atoms with Crippen molar-refractivity contribution in [3.05, 3.63) is 0 Å². The quantitative estimate of drug-likeness (QED) is 0.251. The van der Waals surface area contributed by atoms with Crippen molar-refractivity contribution in [3.8, 4) is 0 Å². The van der Waals surface area contributed by atoms with Crippen molar-refractivity contribution in [1.82, 2.24) is 0 Å². The van der Waals surface area contributed by atoms with E-state index in [1.807, 2.05) is 4.70 Å². The molecule has 4 heavy (non-hydrogen) atoms. The van der Waals surface area contributed by atoms with Gasteiger partial charge in [-0.2, -0.15) is 0 Å². The Kier molecular flexibility index (Phi) is 19.9. The summed E-state index contributed by atoms with van der Waals surface area (Å²) in [7, 11) is 0. The van der Waals surface area contributed by atoms with Gasteiger partial charge in [-0.15, -0.1) is 0 Å². The third kappa shape index (κ3) is 10.9. The van der Waals surface area contributed by atoms with Crippen molar-refractivity contribution >= 4 is 29.5 Å². The van der Waals surface area contributed by atoms with Crippen molar-refractivity contribution in [3.63, 3.8) is 0 Å². The molecular formula is CHAgS2. The Bertz CT molecular complexity index is 13.5. The van der Waals surface area contributed by atoms with Crippen molar-refractivity contribution in [2.75, 3.05) is 0 Å². The molecule has 0 aromatic heterocycles. The van der Waals surface area contributed by atoms with E-state index in [9.17, 15) is 0 Å². The third-order valence-electron chi connectivity index (χ3n) is 0. The Labute approximate surface area is 51.9 Å². The second-order valence-electron chi connectivity index (χ2n) is 0.0913. The molecule has 0 rings (SSSR count). The number of thiocarbonyl (C=S) groups is 1. The zero-order valence-corrected chi connectivity index (χ0v) is 4.85. The van der Waals surface area contributed by atoms with Crippen LogP contribution in [0.2, 0.25) is 0 Å². The number of hydrogen-bond acceptors (Lipinski definition) is 1. The summed E-state index contributed by atoms with van der Waals surface area (Å²) in [5, 5.41) is 0. The van der Waals surface area contributed by atoms with Crippen LogP contribution in [0, 0.1) is 0 Å². The van der Waals surface area contributed by atoms with Crippen LogP contribution in [0.3, 0.4) is 0 Å². The molecule has 0 aliphatic carbocycles. The van der Waals surface area contributed by atoms with Gasteiger partial charge in [0.1, 0.15) is 0 Å². The second kappa shape index (κ2) is 8.89. The zero-order valence-electron chi connectivity index (χ0n) is 1.66. The Morgan fingerprint density at radius 2 is 1.75 bits per heavy atom. The molecule has 0 aromatic rings. The molecule has 0 unspecified atom stereocenters. The van der Waals surface area contributed by atoms with Gasteiger partial charge in [-0.25, -0.2) is 0 Å². The average Bonchev–Trinajstić information content (AvgIpc) is 0.918. The summed E-state index contributed by atoms with van der Waals surface area (Å²) in [5.74, 6) is 0. The van der Waals surface area contributed by atoms with E-state index in [1.54, 1.807) is 0 Å². The summed E-state index contributed by atoms with van der Waals surface area (Å²) in [6.45, 7) is 0. The molecule has 0 bridgehead atoms. The van der Waals surface area contributed by atoms with Crippen LogP contribution in [0.15, 0.2) is 0 Å². The Morgan fingerprint density at radius 1 is 1.75 bits per heavy atom. The first-order valence-corrected chi connectivity index (χ1v) is 1.28. The minimum absolute atomic E-state index is 0. The molecule has 0 saturated carbocycles. The monoisotopic (exact) mass is 184 g/mol. The smallest absolute Gasteiger partial charge is 0.364 e. The molecule has 0 nitrogen and oxygen atoms in total. The first-order valence-electron chi connectivity index (χ1n) is 0.428. The molecule has 3 heteroatoms. The number of hydrogen-bond donors (Lipinski definition) is 1. The third-order valence-corrected chi connectivity index (χ3v) is 0. The SMILES string of the molecule is S=[C-]S.[Ag+]. The van der Waals surface area contributed by atoms with Crippen LogP contribution in [0.5, 0.6) is 0 Å². The molecule has 0 fully saturated rings. The number of rotatable bonds is 0. The molecule has 0 atom stereocenters. The molecule has 0 radical (unpaired) electrons. The summed E-state index contributed by atoms with van der Waals surface area (Å²) in [6.07, 6.45) is 0. The molecular weight excluding hydrogens is 184 g/mol. The fourth-order valence-electron chi connectivity index (χ4n) is 0. The van der Waals surface area contributed by atoms with Crippen LogP contribution in [-0.4, -0.2) is 4.70 Å². The van der Waals surface area contributed by atoms with Gasteiger partial charge in [0.2, 0.25) is 0 Å². The maximum absolute atomic E-state index is 4.01. The minimum atomic E-state index is 0. The van der Waals surface area contributed by atoms with Gasteiger partial charge in [0, 0.05) is 0 Å². The minimum Gasteiger partial charge on any atom is -0.364 e. The molecule has 0 heterocycles. The average molecular weight is 185 g/mol. The molecule has 0 aliphatic rings. The van der Waals surface area contributed by atoms with Crippen molar-refractivity contribution in [2.45, 2.75) is 0 Å². The fraction of sp³-hybridized carbons (Fsp3) is 0. The van der Waals surface area contributed by atoms with Crippen molar-refractivity contribution in [2.24, 2.45) is 0 Å². The van der Waals surface area contributed by atoms with Gasteiger partial charge >= 0.3 is 22.4 Å². The van der Waals surface area contributed by atoms with E-state index in [-0.39, 0.29) is 22.4 Å². The van der Waals surface area contributed by atoms with Crippen molar-refractivity contribution < 1.29 is 22.4 Å². The van der Waals surface area contributed by atoms with Crippen LogP contribution in [0.25, 0.3) is 0 Å². The van der Waals surface area contributed by atoms with E-state index in [4.69, 9.17) is 0 Å². The Balaban J connectivity index is 0. The Morgan fingerprint density at radius 3 is 1.75 bits per heavy atom. The first kappa shape index (κ1) is 8.95.